The minimum absolute atomic E-state index is 0.0544. The third-order valence-electron chi connectivity index (χ3n) is 5.29. The lowest BCUT2D eigenvalue weighted by molar-refractivity contribution is -0.123. The number of unbranched alkanes of at least 4 members (excludes halogenated alkanes) is 2. The zero-order valence-corrected chi connectivity index (χ0v) is 15.1. The van der Waals surface area contributed by atoms with Gasteiger partial charge in [0.1, 0.15) is 17.8 Å². The Morgan fingerprint density at radius 3 is 2.42 bits per heavy atom. The number of rotatable bonds is 9. The number of halogens is 1. The van der Waals surface area contributed by atoms with Crippen molar-refractivity contribution in [1.29, 1.82) is 0 Å². The van der Waals surface area contributed by atoms with E-state index in [0.29, 0.717) is 24.4 Å². The van der Waals surface area contributed by atoms with Gasteiger partial charge in [0, 0.05) is 31.2 Å². The Morgan fingerprint density at radius 2 is 1.83 bits per heavy atom. The fourth-order valence-electron chi connectivity index (χ4n) is 3.63. The van der Waals surface area contributed by atoms with Crippen LogP contribution in [0.4, 0.5) is 4.39 Å². The molecule has 1 heterocycles. The van der Waals surface area contributed by atoms with E-state index in [0.717, 1.165) is 44.1 Å². The molecule has 0 aromatic carbocycles. The van der Waals surface area contributed by atoms with Gasteiger partial charge >= 0.3 is 0 Å². The topological polar surface area (TPSA) is 42.9 Å². The minimum atomic E-state index is -0.895. The number of hydrogen-bond acceptors (Lipinski definition) is 3. The maximum atomic E-state index is 14.6. The maximum absolute atomic E-state index is 14.6. The second kappa shape index (κ2) is 9.85. The molecule has 0 aliphatic heterocycles. The summed E-state index contributed by atoms with van der Waals surface area (Å²) < 4.78 is 14.6. The van der Waals surface area contributed by atoms with Crippen molar-refractivity contribution >= 4 is 5.78 Å². The van der Waals surface area contributed by atoms with Gasteiger partial charge in [-0.3, -0.25) is 4.79 Å². The third-order valence-corrected chi connectivity index (χ3v) is 5.29. The number of nitrogens with zero attached hydrogens (tertiary/aromatic N) is 2. The second-order valence-corrected chi connectivity index (χ2v) is 7.12. The third kappa shape index (κ3) is 5.64. The number of alkyl halides is 1. The molecule has 1 aliphatic carbocycles. The van der Waals surface area contributed by atoms with Crippen LogP contribution in [0.2, 0.25) is 0 Å². The number of hydrogen-bond donors (Lipinski definition) is 0. The molecule has 0 saturated heterocycles. The Hall–Kier alpha value is -1.32. The van der Waals surface area contributed by atoms with Crippen LogP contribution in [0.25, 0.3) is 0 Å². The van der Waals surface area contributed by atoms with Crippen LogP contribution in [-0.2, 0) is 17.6 Å². The first-order chi connectivity index (χ1) is 11.6. The molecule has 1 atom stereocenters. The molecule has 2 rings (SSSR count). The van der Waals surface area contributed by atoms with Gasteiger partial charge in [0.15, 0.2) is 0 Å². The van der Waals surface area contributed by atoms with Crippen molar-refractivity contribution in [2.75, 3.05) is 0 Å². The van der Waals surface area contributed by atoms with E-state index in [-0.39, 0.29) is 11.8 Å². The lowest BCUT2D eigenvalue weighted by Crippen LogP contribution is -2.28. The van der Waals surface area contributed by atoms with E-state index in [4.69, 9.17) is 0 Å². The highest BCUT2D eigenvalue weighted by Crippen LogP contribution is 2.33. The van der Waals surface area contributed by atoms with Gasteiger partial charge in [0.25, 0.3) is 0 Å². The first-order valence-electron chi connectivity index (χ1n) is 9.60. The van der Waals surface area contributed by atoms with Crippen molar-refractivity contribution in [3.63, 3.8) is 0 Å². The molecule has 1 aromatic heterocycles. The van der Waals surface area contributed by atoms with Crippen LogP contribution in [-0.4, -0.2) is 21.9 Å². The summed E-state index contributed by atoms with van der Waals surface area (Å²) in [6.07, 6.45) is 11.6. The summed E-state index contributed by atoms with van der Waals surface area (Å²) in [5.41, 5.74) is 1.14. The van der Waals surface area contributed by atoms with Gasteiger partial charge in [-0.2, -0.15) is 0 Å². The number of ketones is 1. The number of carbonyl (C=O) groups is 1. The summed E-state index contributed by atoms with van der Waals surface area (Å²) in [5, 5.41) is 0. The average Bonchev–Trinajstić information content (AvgIpc) is 2.63. The number of carbonyl (C=O) groups excluding carboxylic acids is 1. The Labute approximate surface area is 145 Å². The van der Waals surface area contributed by atoms with Crippen LogP contribution in [0.3, 0.4) is 0 Å². The molecular weight excluding hydrogens is 303 g/mol. The van der Waals surface area contributed by atoms with Gasteiger partial charge < -0.3 is 0 Å². The van der Waals surface area contributed by atoms with E-state index in [2.05, 4.69) is 16.9 Å². The monoisotopic (exact) mass is 334 g/mol. The van der Waals surface area contributed by atoms with Crippen LogP contribution in [0.15, 0.2) is 12.4 Å². The second-order valence-electron chi connectivity index (χ2n) is 7.12. The lowest BCUT2D eigenvalue weighted by atomic mass is 9.77. The van der Waals surface area contributed by atoms with E-state index >= 15 is 0 Å². The van der Waals surface area contributed by atoms with Crippen molar-refractivity contribution in [2.24, 2.45) is 11.8 Å². The van der Waals surface area contributed by atoms with Crippen LogP contribution in [0.5, 0.6) is 0 Å². The minimum Gasteiger partial charge on any atom is -0.299 e. The molecule has 3 nitrogen and oxygen atoms in total. The Morgan fingerprint density at radius 1 is 1.17 bits per heavy atom. The average molecular weight is 334 g/mol. The van der Waals surface area contributed by atoms with E-state index in [9.17, 15) is 9.18 Å². The van der Waals surface area contributed by atoms with Crippen molar-refractivity contribution < 1.29 is 9.18 Å². The number of aryl methyl sites for hydroxylation is 1. The largest absolute Gasteiger partial charge is 0.299 e. The summed E-state index contributed by atoms with van der Waals surface area (Å²) in [4.78, 5) is 20.4. The quantitative estimate of drug-likeness (QED) is 0.605. The van der Waals surface area contributed by atoms with Crippen molar-refractivity contribution in [3.05, 3.63) is 23.8 Å². The molecule has 24 heavy (non-hydrogen) atoms. The van der Waals surface area contributed by atoms with E-state index in [1.807, 2.05) is 19.3 Å². The Bertz CT molecular complexity index is 495. The zero-order valence-electron chi connectivity index (χ0n) is 15.1. The SMILES string of the molecule is CCCCCc1cnc(CC(F)C2CCC(C(=O)CC)CC2)nc1. The predicted molar refractivity (Wildman–Crippen MR) is 94.6 cm³/mol. The summed E-state index contributed by atoms with van der Waals surface area (Å²) in [6.45, 7) is 4.10. The summed E-state index contributed by atoms with van der Waals surface area (Å²) in [5.74, 6) is 1.16. The molecule has 0 bridgehead atoms. The molecule has 1 aromatic rings. The Kier molecular flexibility index (Phi) is 7.80. The molecule has 0 amide bonds. The molecule has 0 N–H and O–H groups in total. The molecule has 134 valence electrons. The van der Waals surface area contributed by atoms with Gasteiger partial charge in [0.05, 0.1) is 0 Å². The van der Waals surface area contributed by atoms with Crippen molar-refractivity contribution in [3.8, 4) is 0 Å². The van der Waals surface area contributed by atoms with Crippen molar-refractivity contribution in [1.82, 2.24) is 9.97 Å². The molecule has 4 heteroatoms. The summed E-state index contributed by atoms with van der Waals surface area (Å²) in [7, 11) is 0. The highest BCUT2D eigenvalue weighted by molar-refractivity contribution is 5.80. The van der Waals surface area contributed by atoms with E-state index in [1.54, 1.807) is 0 Å². The predicted octanol–water partition coefficient (Wildman–Crippen LogP) is 4.88. The first-order valence-corrected chi connectivity index (χ1v) is 9.60. The summed E-state index contributed by atoms with van der Waals surface area (Å²) >= 11 is 0. The molecule has 1 unspecified atom stereocenters. The molecule has 1 aliphatic rings. The van der Waals surface area contributed by atoms with Gasteiger partial charge in [-0.25, -0.2) is 14.4 Å². The van der Waals surface area contributed by atoms with Gasteiger partial charge in [0.2, 0.25) is 0 Å². The van der Waals surface area contributed by atoms with Gasteiger partial charge in [-0.05, 0) is 50.0 Å². The molecule has 1 fully saturated rings. The van der Waals surface area contributed by atoms with Crippen molar-refractivity contribution in [2.45, 2.75) is 84.2 Å². The van der Waals surface area contributed by atoms with Gasteiger partial charge in [-0.1, -0.05) is 26.7 Å². The maximum Gasteiger partial charge on any atom is 0.135 e. The van der Waals surface area contributed by atoms with Crippen LogP contribution in [0.1, 0.15) is 76.6 Å². The first kappa shape index (κ1) is 19.0. The molecular formula is C20H31FN2O. The smallest absolute Gasteiger partial charge is 0.135 e. The number of Topliss-reactive ketones (excluding diaryl/α,β-unsaturated/α-hetero) is 1. The summed E-state index contributed by atoms with van der Waals surface area (Å²) in [6, 6.07) is 0. The van der Waals surface area contributed by atoms with E-state index in [1.165, 1.54) is 12.8 Å². The normalized spacial score (nSPS) is 22.3. The standard InChI is InChI=1S/C20H31FN2O/c1-3-5-6-7-15-13-22-20(23-14-15)12-18(21)16-8-10-17(11-9-16)19(24)4-2/h13-14,16-18H,3-12H2,1-2H3. The molecule has 0 radical (unpaired) electrons. The molecule has 1 saturated carbocycles. The Balaban J connectivity index is 1.78. The molecule has 0 spiro atoms. The van der Waals surface area contributed by atoms with Gasteiger partial charge in [-0.15, -0.1) is 0 Å². The van der Waals surface area contributed by atoms with Crippen LogP contribution >= 0.6 is 0 Å². The highest BCUT2D eigenvalue weighted by atomic mass is 19.1. The lowest BCUT2D eigenvalue weighted by Gasteiger charge is -2.29. The number of aromatic nitrogens is 2. The van der Waals surface area contributed by atoms with Crippen LogP contribution in [0, 0.1) is 11.8 Å². The highest BCUT2D eigenvalue weighted by Gasteiger charge is 2.30. The zero-order chi connectivity index (χ0) is 17.4. The van der Waals surface area contributed by atoms with E-state index < -0.39 is 6.17 Å². The van der Waals surface area contributed by atoms with Crippen LogP contribution < -0.4 is 0 Å². The fraction of sp³-hybridized carbons (Fsp3) is 0.750. The fourth-order valence-corrected chi connectivity index (χ4v) is 3.63.